The molecule has 0 spiro atoms. The minimum absolute atomic E-state index is 0.599. The van der Waals surface area contributed by atoms with Crippen LogP contribution in [0.15, 0.2) is 30.5 Å². The molecule has 17 heavy (non-hydrogen) atoms. The largest absolute Gasteiger partial charge is 0.534 e. The van der Waals surface area contributed by atoms with Gasteiger partial charge < -0.3 is 4.18 Å². The second-order valence-electron chi connectivity index (χ2n) is 3.03. The summed E-state index contributed by atoms with van der Waals surface area (Å²) >= 11 is 0. The highest BCUT2D eigenvalue weighted by molar-refractivity contribution is 7.87. The number of halogens is 3. The average molecular weight is 266 g/mol. The summed E-state index contributed by atoms with van der Waals surface area (Å²) in [5, 5.41) is 3.55. The lowest BCUT2D eigenvalue weighted by Gasteiger charge is -2.08. The fourth-order valence-corrected chi connectivity index (χ4v) is 1.52. The Balaban J connectivity index is 2.36. The van der Waals surface area contributed by atoms with Gasteiger partial charge in [-0.15, -0.1) is 5.10 Å². The summed E-state index contributed by atoms with van der Waals surface area (Å²) in [6.07, 6.45) is 1.45. The predicted molar refractivity (Wildman–Crippen MR) is 50.8 cm³/mol. The van der Waals surface area contributed by atoms with E-state index in [4.69, 9.17) is 0 Å². The van der Waals surface area contributed by atoms with Crippen molar-refractivity contribution in [3.63, 3.8) is 0 Å². The molecule has 2 heterocycles. The van der Waals surface area contributed by atoms with Crippen LogP contribution < -0.4 is 4.18 Å². The van der Waals surface area contributed by atoms with Crippen molar-refractivity contribution in [1.82, 2.24) is 9.61 Å². The van der Waals surface area contributed by atoms with Crippen molar-refractivity contribution >= 4 is 15.6 Å². The molecule has 2 aromatic rings. The van der Waals surface area contributed by atoms with E-state index in [1.165, 1.54) is 16.8 Å². The number of aromatic nitrogens is 2. The van der Waals surface area contributed by atoms with Gasteiger partial charge in [0, 0.05) is 12.3 Å². The zero-order valence-electron chi connectivity index (χ0n) is 8.05. The van der Waals surface area contributed by atoms with Crippen LogP contribution in [-0.2, 0) is 10.1 Å². The number of hydrogen-bond acceptors (Lipinski definition) is 4. The van der Waals surface area contributed by atoms with E-state index >= 15 is 0 Å². The Morgan fingerprint density at radius 1 is 1.24 bits per heavy atom. The highest BCUT2D eigenvalue weighted by Crippen LogP contribution is 2.25. The van der Waals surface area contributed by atoms with Gasteiger partial charge in [-0.05, 0) is 18.2 Å². The molecule has 9 heteroatoms. The summed E-state index contributed by atoms with van der Waals surface area (Å²) in [7, 11) is -5.68. The van der Waals surface area contributed by atoms with Gasteiger partial charge in [-0.3, -0.25) is 0 Å². The molecule has 0 fully saturated rings. The van der Waals surface area contributed by atoms with E-state index in [1.54, 1.807) is 12.1 Å². The summed E-state index contributed by atoms with van der Waals surface area (Å²) in [6.45, 7) is 0. The summed E-state index contributed by atoms with van der Waals surface area (Å²) in [6, 6.07) is 5.67. The summed E-state index contributed by atoms with van der Waals surface area (Å²) < 4.78 is 62.5. The summed E-state index contributed by atoms with van der Waals surface area (Å²) in [5.41, 5.74) is -4.87. The zero-order chi connectivity index (χ0) is 12.7. The number of rotatable bonds is 2. The maximum Gasteiger partial charge on any atom is 0.534 e. The first-order valence-corrected chi connectivity index (χ1v) is 5.65. The number of fused-ring (bicyclic) bond motifs is 1. The van der Waals surface area contributed by atoms with E-state index in [1.807, 2.05) is 0 Å². The molecule has 0 radical (unpaired) electrons. The minimum atomic E-state index is -5.68. The summed E-state index contributed by atoms with van der Waals surface area (Å²) in [4.78, 5) is 0. The third-order valence-electron chi connectivity index (χ3n) is 1.84. The van der Waals surface area contributed by atoms with E-state index in [0.29, 0.717) is 5.52 Å². The van der Waals surface area contributed by atoms with Gasteiger partial charge in [-0.1, -0.05) is 0 Å². The standard InChI is InChI=1S/C8H5F3N2O3S/c9-8(10,11)17(14,15)16-7-4-3-6-2-1-5-13(6)12-7/h1-5H. The number of alkyl halides is 3. The van der Waals surface area contributed by atoms with Crippen LogP contribution in [0.2, 0.25) is 0 Å². The Morgan fingerprint density at radius 3 is 2.59 bits per heavy atom. The molecule has 0 aromatic carbocycles. The normalized spacial score (nSPS) is 12.9. The van der Waals surface area contributed by atoms with Crippen LogP contribution in [0.1, 0.15) is 0 Å². The Kier molecular flexibility index (Phi) is 2.49. The van der Waals surface area contributed by atoms with Crippen LogP contribution in [0.25, 0.3) is 5.52 Å². The highest BCUT2D eigenvalue weighted by atomic mass is 32.2. The first-order chi connectivity index (χ1) is 7.79. The van der Waals surface area contributed by atoms with Crippen molar-refractivity contribution in [2.75, 3.05) is 0 Å². The van der Waals surface area contributed by atoms with Gasteiger partial charge in [0.1, 0.15) is 0 Å². The van der Waals surface area contributed by atoms with Crippen molar-refractivity contribution in [3.8, 4) is 5.88 Å². The van der Waals surface area contributed by atoms with Gasteiger partial charge in [0.05, 0.1) is 5.52 Å². The lowest BCUT2D eigenvalue weighted by molar-refractivity contribution is -0.0501. The van der Waals surface area contributed by atoms with E-state index in [9.17, 15) is 21.6 Å². The molecule has 2 aromatic heterocycles. The molecule has 0 unspecified atom stereocenters. The fraction of sp³-hybridized carbons (Fsp3) is 0.125. The van der Waals surface area contributed by atoms with Gasteiger partial charge >= 0.3 is 15.6 Å². The van der Waals surface area contributed by atoms with Crippen molar-refractivity contribution < 1.29 is 25.8 Å². The SMILES string of the molecule is O=S(=O)(Oc1ccc2cccn2n1)C(F)(F)F. The molecule has 0 N–H and O–H groups in total. The number of nitrogens with zero attached hydrogens (tertiary/aromatic N) is 2. The monoisotopic (exact) mass is 266 g/mol. The minimum Gasteiger partial charge on any atom is -0.354 e. The maximum atomic E-state index is 12.0. The molecule has 2 rings (SSSR count). The van der Waals surface area contributed by atoms with Crippen LogP contribution in [0.4, 0.5) is 13.2 Å². The lowest BCUT2D eigenvalue weighted by atomic mass is 10.4. The molecule has 5 nitrogen and oxygen atoms in total. The van der Waals surface area contributed by atoms with Crippen LogP contribution in [0, 0.1) is 0 Å². The zero-order valence-corrected chi connectivity index (χ0v) is 8.86. The summed E-state index contributed by atoms with van der Waals surface area (Å²) in [5.74, 6) is -0.647. The highest BCUT2D eigenvalue weighted by Gasteiger charge is 2.48. The van der Waals surface area contributed by atoms with Crippen molar-refractivity contribution in [1.29, 1.82) is 0 Å². The molecule has 0 aliphatic rings. The molecular weight excluding hydrogens is 261 g/mol. The van der Waals surface area contributed by atoms with Crippen molar-refractivity contribution in [2.24, 2.45) is 0 Å². The molecule has 0 saturated carbocycles. The Morgan fingerprint density at radius 2 is 1.94 bits per heavy atom. The van der Waals surface area contributed by atoms with E-state index in [2.05, 4.69) is 9.28 Å². The Labute approximate surface area is 93.5 Å². The molecule has 92 valence electrons. The molecule has 0 aliphatic heterocycles. The van der Waals surface area contributed by atoms with Gasteiger partial charge in [-0.25, -0.2) is 4.52 Å². The molecule has 0 saturated heterocycles. The van der Waals surface area contributed by atoms with Crippen LogP contribution >= 0.6 is 0 Å². The number of hydrogen-bond donors (Lipinski definition) is 0. The van der Waals surface area contributed by atoms with Crippen LogP contribution in [0.3, 0.4) is 0 Å². The smallest absolute Gasteiger partial charge is 0.354 e. The Bertz CT molecular complexity index is 647. The average Bonchev–Trinajstić information content (AvgIpc) is 2.62. The topological polar surface area (TPSA) is 60.7 Å². The van der Waals surface area contributed by atoms with Gasteiger partial charge in [0.2, 0.25) is 0 Å². The van der Waals surface area contributed by atoms with Gasteiger partial charge in [0.25, 0.3) is 5.88 Å². The van der Waals surface area contributed by atoms with Gasteiger partial charge in [-0.2, -0.15) is 21.6 Å². The molecular formula is C8H5F3N2O3S. The molecule has 0 bridgehead atoms. The predicted octanol–water partition coefficient (Wildman–Crippen LogP) is 1.56. The van der Waals surface area contributed by atoms with Crippen molar-refractivity contribution in [2.45, 2.75) is 5.51 Å². The van der Waals surface area contributed by atoms with Crippen LogP contribution in [-0.4, -0.2) is 23.5 Å². The van der Waals surface area contributed by atoms with E-state index < -0.39 is 21.5 Å². The van der Waals surface area contributed by atoms with Crippen LogP contribution in [0.5, 0.6) is 5.88 Å². The lowest BCUT2D eigenvalue weighted by Crippen LogP contribution is -2.28. The first kappa shape index (κ1) is 11.7. The van der Waals surface area contributed by atoms with E-state index in [0.717, 1.165) is 6.07 Å². The van der Waals surface area contributed by atoms with E-state index in [-0.39, 0.29) is 0 Å². The quantitative estimate of drug-likeness (QED) is 0.611. The Hall–Kier alpha value is -1.77. The molecule has 0 amide bonds. The third-order valence-corrected chi connectivity index (χ3v) is 2.80. The second kappa shape index (κ2) is 3.62. The van der Waals surface area contributed by atoms with Crippen molar-refractivity contribution in [3.05, 3.63) is 30.5 Å². The maximum absolute atomic E-state index is 12.0. The molecule has 0 aliphatic carbocycles. The second-order valence-corrected chi connectivity index (χ2v) is 4.57. The fourth-order valence-electron chi connectivity index (χ4n) is 1.11. The first-order valence-electron chi connectivity index (χ1n) is 4.25. The molecule has 0 atom stereocenters. The third kappa shape index (κ3) is 2.18. The van der Waals surface area contributed by atoms with Gasteiger partial charge in [0.15, 0.2) is 0 Å².